The Balaban J connectivity index is 2.18. The molecular formula is C16H14OS. The fourth-order valence-corrected chi connectivity index (χ4v) is 3.18. The van der Waals surface area contributed by atoms with E-state index in [0.29, 0.717) is 0 Å². The van der Waals surface area contributed by atoms with Gasteiger partial charge in [-0.1, -0.05) is 42.5 Å². The van der Waals surface area contributed by atoms with Crippen LogP contribution in [0.25, 0.3) is 10.8 Å². The number of aryl methyl sites for hydroxylation is 1. The molecule has 0 spiro atoms. The van der Waals surface area contributed by atoms with Crippen molar-refractivity contribution in [1.82, 2.24) is 0 Å². The number of fused-ring (bicyclic) bond motifs is 1. The van der Waals surface area contributed by atoms with E-state index in [1.54, 1.807) is 11.3 Å². The van der Waals surface area contributed by atoms with Gasteiger partial charge < -0.3 is 5.11 Å². The van der Waals surface area contributed by atoms with Crippen LogP contribution >= 0.6 is 11.3 Å². The third-order valence-electron chi connectivity index (χ3n) is 3.31. The number of aliphatic hydroxyl groups is 1. The third-order valence-corrected chi connectivity index (χ3v) is 4.19. The molecule has 0 fully saturated rings. The van der Waals surface area contributed by atoms with Gasteiger partial charge in [0.2, 0.25) is 0 Å². The first kappa shape index (κ1) is 11.5. The molecule has 1 unspecified atom stereocenters. The molecular weight excluding hydrogens is 240 g/mol. The Bertz CT molecular complexity index is 679. The molecule has 2 aromatic carbocycles. The first-order chi connectivity index (χ1) is 8.77. The standard InChI is InChI=1S/C16H14OS/c1-11-9-18-10-15(11)16(17)14-8-4-6-12-5-2-3-7-13(12)14/h2-10,16-17H,1H3. The van der Waals surface area contributed by atoms with Gasteiger partial charge in [-0.3, -0.25) is 0 Å². The van der Waals surface area contributed by atoms with E-state index >= 15 is 0 Å². The Morgan fingerprint density at radius 2 is 1.72 bits per heavy atom. The fourth-order valence-electron chi connectivity index (χ4n) is 2.31. The highest BCUT2D eigenvalue weighted by molar-refractivity contribution is 7.08. The van der Waals surface area contributed by atoms with Crippen molar-refractivity contribution in [3.63, 3.8) is 0 Å². The summed E-state index contributed by atoms with van der Waals surface area (Å²) >= 11 is 1.63. The first-order valence-corrected chi connectivity index (χ1v) is 6.90. The Kier molecular flexibility index (Phi) is 2.90. The van der Waals surface area contributed by atoms with Crippen LogP contribution in [0.5, 0.6) is 0 Å². The van der Waals surface area contributed by atoms with Crippen LogP contribution in [-0.2, 0) is 0 Å². The fraction of sp³-hybridized carbons (Fsp3) is 0.125. The summed E-state index contributed by atoms with van der Waals surface area (Å²) in [6.45, 7) is 2.04. The molecule has 1 heterocycles. The second-order valence-corrected chi connectivity index (χ2v) is 5.22. The largest absolute Gasteiger partial charge is 0.384 e. The molecule has 0 radical (unpaired) electrons. The van der Waals surface area contributed by atoms with Crippen LogP contribution in [-0.4, -0.2) is 5.11 Å². The maximum Gasteiger partial charge on any atom is 0.106 e. The maximum absolute atomic E-state index is 10.6. The molecule has 0 saturated heterocycles. The van der Waals surface area contributed by atoms with E-state index in [1.807, 2.05) is 36.6 Å². The van der Waals surface area contributed by atoms with Gasteiger partial charge in [0.05, 0.1) is 0 Å². The van der Waals surface area contributed by atoms with Gasteiger partial charge in [0.1, 0.15) is 6.10 Å². The zero-order valence-electron chi connectivity index (χ0n) is 10.1. The lowest BCUT2D eigenvalue weighted by Gasteiger charge is -2.13. The average Bonchev–Trinajstić information content (AvgIpc) is 2.83. The quantitative estimate of drug-likeness (QED) is 0.723. The lowest BCUT2D eigenvalue weighted by atomic mass is 9.96. The van der Waals surface area contributed by atoms with Crippen LogP contribution in [0.1, 0.15) is 22.8 Å². The van der Waals surface area contributed by atoms with Gasteiger partial charge >= 0.3 is 0 Å². The van der Waals surface area contributed by atoms with Crippen LogP contribution in [0.2, 0.25) is 0 Å². The van der Waals surface area contributed by atoms with Crippen LogP contribution in [0.15, 0.2) is 53.2 Å². The second kappa shape index (κ2) is 4.56. The van der Waals surface area contributed by atoms with Crippen LogP contribution < -0.4 is 0 Å². The van der Waals surface area contributed by atoms with E-state index in [-0.39, 0.29) is 0 Å². The van der Waals surface area contributed by atoms with Crippen molar-refractivity contribution < 1.29 is 5.11 Å². The van der Waals surface area contributed by atoms with Crippen LogP contribution in [0.3, 0.4) is 0 Å². The third kappa shape index (κ3) is 1.84. The molecule has 18 heavy (non-hydrogen) atoms. The number of benzene rings is 2. The normalized spacial score (nSPS) is 12.8. The molecule has 0 bridgehead atoms. The predicted molar refractivity (Wildman–Crippen MR) is 77.1 cm³/mol. The van der Waals surface area contributed by atoms with Crippen LogP contribution in [0.4, 0.5) is 0 Å². The zero-order chi connectivity index (χ0) is 12.5. The van der Waals surface area contributed by atoms with Gasteiger partial charge in [0.25, 0.3) is 0 Å². The van der Waals surface area contributed by atoms with Gasteiger partial charge in [-0.15, -0.1) is 0 Å². The molecule has 0 amide bonds. The summed E-state index contributed by atoms with van der Waals surface area (Å²) in [5.41, 5.74) is 3.14. The summed E-state index contributed by atoms with van der Waals surface area (Å²) in [7, 11) is 0. The summed E-state index contributed by atoms with van der Waals surface area (Å²) < 4.78 is 0. The van der Waals surface area contributed by atoms with Crippen molar-refractivity contribution in [3.05, 3.63) is 69.9 Å². The molecule has 1 aromatic heterocycles. The molecule has 2 heteroatoms. The van der Waals surface area contributed by atoms with Gasteiger partial charge in [0, 0.05) is 0 Å². The predicted octanol–water partition coefficient (Wildman–Crippen LogP) is 4.29. The summed E-state index contributed by atoms with van der Waals surface area (Å²) in [5.74, 6) is 0. The molecule has 1 N–H and O–H groups in total. The highest BCUT2D eigenvalue weighted by Crippen LogP contribution is 2.31. The monoisotopic (exact) mass is 254 g/mol. The molecule has 3 rings (SSSR count). The van der Waals surface area contributed by atoms with Crippen molar-refractivity contribution in [1.29, 1.82) is 0 Å². The smallest absolute Gasteiger partial charge is 0.106 e. The molecule has 0 aliphatic carbocycles. The molecule has 90 valence electrons. The Morgan fingerprint density at radius 1 is 0.944 bits per heavy atom. The Hall–Kier alpha value is -1.64. The van der Waals surface area contributed by atoms with E-state index < -0.39 is 6.10 Å². The summed E-state index contributed by atoms with van der Waals surface area (Å²) in [6.07, 6.45) is -0.539. The number of aliphatic hydroxyl groups excluding tert-OH is 1. The van der Waals surface area contributed by atoms with Crippen molar-refractivity contribution in [3.8, 4) is 0 Å². The van der Waals surface area contributed by atoms with Gasteiger partial charge in [-0.2, -0.15) is 11.3 Å². The SMILES string of the molecule is Cc1cscc1C(O)c1cccc2ccccc12. The summed E-state index contributed by atoms with van der Waals surface area (Å²) in [4.78, 5) is 0. The summed E-state index contributed by atoms with van der Waals surface area (Å²) in [5, 5.41) is 17.0. The van der Waals surface area contributed by atoms with E-state index in [0.717, 1.165) is 22.1 Å². The van der Waals surface area contributed by atoms with E-state index in [9.17, 15) is 5.11 Å². The molecule has 0 saturated carbocycles. The Labute approximate surface area is 110 Å². The molecule has 3 aromatic rings. The minimum atomic E-state index is -0.539. The van der Waals surface area contributed by atoms with Crippen molar-refractivity contribution >= 4 is 22.1 Å². The molecule has 0 aliphatic heterocycles. The first-order valence-electron chi connectivity index (χ1n) is 5.96. The van der Waals surface area contributed by atoms with E-state index in [1.165, 1.54) is 5.39 Å². The minimum Gasteiger partial charge on any atom is -0.384 e. The van der Waals surface area contributed by atoms with Gasteiger partial charge in [-0.25, -0.2) is 0 Å². The van der Waals surface area contributed by atoms with Gasteiger partial charge in [0.15, 0.2) is 0 Å². The molecule has 0 aliphatic rings. The van der Waals surface area contributed by atoms with Gasteiger partial charge in [-0.05, 0) is 45.1 Å². The second-order valence-electron chi connectivity index (χ2n) is 4.48. The number of hydrogen-bond donors (Lipinski definition) is 1. The number of hydrogen-bond acceptors (Lipinski definition) is 2. The number of rotatable bonds is 2. The van der Waals surface area contributed by atoms with E-state index in [2.05, 4.69) is 23.6 Å². The topological polar surface area (TPSA) is 20.2 Å². The summed E-state index contributed by atoms with van der Waals surface area (Å²) in [6, 6.07) is 14.3. The van der Waals surface area contributed by atoms with Crippen molar-refractivity contribution in [2.45, 2.75) is 13.0 Å². The van der Waals surface area contributed by atoms with Crippen molar-refractivity contribution in [2.75, 3.05) is 0 Å². The highest BCUT2D eigenvalue weighted by atomic mass is 32.1. The number of thiophene rings is 1. The molecule has 1 atom stereocenters. The lowest BCUT2D eigenvalue weighted by molar-refractivity contribution is 0.221. The zero-order valence-corrected chi connectivity index (χ0v) is 10.9. The molecule has 1 nitrogen and oxygen atoms in total. The van der Waals surface area contributed by atoms with E-state index in [4.69, 9.17) is 0 Å². The highest BCUT2D eigenvalue weighted by Gasteiger charge is 2.15. The average molecular weight is 254 g/mol. The lowest BCUT2D eigenvalue weighted by Crippen LogP contribution is -2.00. The maximum atomic E-state index is 10.6. The van der Waals surface area contributed by atoms with Crippen molar-refractivity contribution in [2.24, 2.45) is 0 Å². The Morgan fingerprint density at radius 3 is 2.50 bits per heavy atom. The van der Waals surface area contributed by atoms with Crippen LogP contribution in [0, 0.1) is 6.92 Å². The minimum absolute atomic E-state index is 0.539.